The molecule has 0 aromatic heterocycles. The summed E-state index contributed by atoms with van der Waals surface area (Å²) in [6, 6.07) is 5.70. The number of phenols is 2. The molecule has 8 heavy (non-hydrogen) atoms. The molecule has 0 spiro atoms. The molecule has 1 rings (SSSR count). The van der Waals surface area contributed by atoms with Crippen molar-refractivity contribution >= 4 is 0 Å². The Balaban J connectivity index is 3.03. The molecule has 1 aromatic rings. The molecule has 2 N–H and O–H groups in total. The molecule has 0 radical (unpaired) electrons. The minimum atomic E-state index is 0.169. The summed E-state index contributed by atoms with van der Waals surface area (Å²) in [6.07, 6.45) is 0. The van der Waals surface area contributed by atoms with Gasteiger partial charge in [0.2, 0.25) is 0 Å². The maximum atomic E-state index is 8.65. The van der Waals surface area contributed by atoms with Crippen LogP contribution in [0.5, 0.6) is 11.5 Å². The molecular weight excluding hydrogens is 110 g/mol. The van der Waals surface area contributed by atoms with Crippen molar-refractivity contribution in [2.24, 2.45) is 0 Å². The highest BCUT2D eigenvalue weighted by molar-refractivity contribution is 5.28. The fourth-order valence-corrected chi connectivity index (χ4v) is 0.453. The Morgan fingerprint density at radius 1 is 0.750 bits per heavy atom. The Bertz CT molecular complexity index is 145. The number of aromatic hydroxyl groups is 2. The lowest BCUT2D eigenvalue weighted by Crippen LogP contribution is -1.61. The summed E-state index contributed by atoms with van der Waals surface area (Å²) in [4.78, 5) is 0. The van der Waals surface area contributed by atoms with E-state index in [4.69, 9.17) is 10.2 Å². The first-order valence-corrected chi connectivity index (χ1v) is 2.27. The molecule has 42 valence electrons. The van der Waals surface area contributed by atoms with Gasteiger partial charge in [0.25, 0.3) is 0 Å². The third-order valence-electron chi connectivity index (χ3n) is 0.850. The molecule has 2 heteroatoms. The second kappa shape index (κ2) is 1.74. The molecular formula is C6H6O2. The highest BCUT2D eigenvalue weighted by atomic mass is 16.4. The van der Waals surface area contributed by atoms with E-state index in [-0.39, 0.29) is 11.5 Å². The van der Waals surface area contributed by atoms with Crippen LogP contribution in [0, 0.1) is 0 Å². The van der Waals surface area contributed by atoms with Crippen molar-refractivity contribution in [3.8, 4) is 11.5 Å². The summed E-state index contributed by atoms with van der Waals surface area (Å²) in [5, 5.41) is 17.3. The summed E-state index contributed by atoms with van der Waals surface area (Å²) < 4.78 is 0. The van der Waals surface area contributed by atoms with Gasteiger partial charge in [0, 0.05) is 0 Å². The first kappa shape index (κ1) is 4.97. The molecule has 0 atom stereocenters. The van der Waals surface area contributed by atoms with Crippen LogP contribution in [0.4, 0.5) is 0 Å². The Hall–Kier alpha value is -1.18. The van der Waals surface area contributed by atoms with E-state index in [0.29, 0.717) is 0 Å². The molecule has 0 aliphatic heterocycles. The van der Waals surface area contributed by atoms with Crippen LogP contribution < -0.4 is 0 Å². The standard InChI is InChI=1S/C6H6O2/c7-5-1-2-6(8)4-3-5/h1-4,7-8H/i1+1,2+1,3+1,4+1,5+1,6+1. The summed E-state index contributed by atoms with van der Waals surface area (Å²) >= 11 is 0. The van der Waals surface area contributed by atoms with Crippen molar-refractivity contribution in [2.75, 3.05) is 0 Å². The van der Waals surface area contributed by atoms with E-state index >= 15 is 0 Å². The number of hydrogen-bond acceptors (Lipinski definition) is 2. The van der Waals surface area contributed by atoms with Crippen LogP contribution in [0.2, 0.25) is 0 Å². The van der Waals surface area contributed by atoms with E-state index in [2.05, 4.69) is 0 Å². The predicted molar refractivity (Wildman–Crippen MR) is 29.8 cm³/mol. The highest BCUT2D eigenvalue weighted by Gasteiger charge is 1.84. The summed E-state index contributed by atoms with van der Waals surface area (Å²) in [7, 11) is 0. The lowest BCUT2D eigenvalue weighted by molar-refractivity contribution is 0.460. The van der Waals surface area contributed by atoms with E-state index in [9.17, 15) is 0 Å². The van der Waals surface area contributed by atoms with Crippen LogP contribution in [0.1, 0.15) is 0 Å². The maximum absolute atomic E-state index is 8.65. The van der Waals surface area contributed by atoms with Gasteiger partial charge in [0.05, 0.1) is 0 Å². The Morgan fingerprint density at radius 3 is 1.25 bits per heavy atom. The van der Waals surface area contributed by atoms with Crippen molar-refractivity contribution in [3.05, 3.63) is 24.3 Å². The van der Waals surface area contributed by atoms with Gasteiger partial charge in [0.1, 0.15) is 11.5 Å². The fraction of sp³-hybridized carbons (Fsp3) is 0. The molecule has 1 aromatic carbocycles. The van der Waals surface area contributed by atoms with Crippen LogP contribution in [-0.2, 0) is 0 Å². The fourth-order valence-electron chi connectivity index (χ4n) is 0.453. The van der Waals surface area contributed by atoms with Gasteiger partial charge in [0.15, 0.2) is 0 Å². The monoisotopic (exact) mass is 116 g/mol. The first-order valence-electron chi connectivity index (χ1n) is 2.27. The molecule has 0 amide bonds. The minimum absolute atomic E-state index is 0.169. The van der Waals surface area contributed by atoms with Crippen molar-refractivity contribution in [2.45, 2.75) is 0 Å². The van der Waals surface area contributed by atoms with Crippen LogP contribution >= 0.6 is 0 Å². The van der Waals surface area contributed by atoms with E-state index in [0.717, 1.165) is 0 Å². The number of hydrogen-bond donors (Lipinski definition) is 2. The molecule has 0 fully saturated rings. The lowest BCUT2D eigenvalue weighted by atomic mass is 11.3. The average molecular weight is 116 g/mol. The summed E-state index contributed by atoms with van der Waals surface area (Å²) in [5.41, 5.74) is 0. The molecule has 0 aliphatic carbocycles. The van der Waals surface area contributed by atoms with Crippen molar-refractivity contribution < 1.29 is 10.2 Å². The second-order valence-electron chi connectivity index (χ2n) is 1.52. The maximum Gasteiger partial charge on any atom is 0.115 e. The largest absolute Gasteiger partial charge is 0.508 e. The Labute approximate surface area is 47.0 Å². The van der Waals surface area contributed by atoms with Gasteiger partial charge in [-0.05, 0) is 24.3 Å². The minimum Gasteiger partial charge on any atom is -0.508 e. The SMILES string of the molecule is O[13c]1[13cH][13cH][13c](O)[13cH][13cH]1. The smallest absolute Gasteiger partial charge is 0.115 e. The van der Waals surface area contributed by atoms with E-state index in [1.807, 2.05) is 0 Å². The average Bonchev–Trinajstić information content (AvgIpc) is 1.77. The topological polar surface area (TPSA) is 40.5 Å². The zero-order valence-electron chi connectivity index (χ0n) is 4.20. The number of phenolic OH excluding ortho intramolecular Hbond substituents is 2. The molecule has 0 unspecified atom stereocenters. The number of rotatable bonds is 0. The van der Waals surface area contributed by atoms with Gasteiger partial charge in [-0.1, -0.05) is 0 Å². The molecule has 0 saturated heterocycles. The van der Waals surface area contributed by atoms with Gasteiger partial charge in [-0.3, -0.25) is 0 Å². The van der Waals surface area contributed by atoms with Crippen LogP contribution in [-0.4, -0.2) is 10.2 Å². The van der Waals surface area contributed by atoms with E-state index in [1.165, 1.54) is 24.3 Å². The number of benzene rings is 1. The van der Waals surface area contributed by atoms with Crippen LogP contribution in [0.3, 0.4) is 0 Å². The third kappa shape index (κ3) is 0.904. The second-order valence-corrected chi connectivity index (χ2v) is 1.52. The van der Waals surface area contributed by atoms with Gasteiger partial charge in [-0.2, -0.15) is 0 Å². The van der Waals surface area contributed by atoms with E-state index in [1.54, 1.807) is 0 Å². The predicted octanol–water partition coefficient (Wildman–Crippen LogP) is 1.10. The summed E-state index contributed by atoms with van der Waals surface area (Å²) in [5.74, 6) is 0.339. The van der Waals surface area contributed by atoms with Gasteiger partial charge < -0.3 is 10.2 Å². The molecule has 0 aliphatic rings. The summed E-state index contributed by atoms with van der Waals surface area (Å²) in [6.45, 7) is 0. The molecule has 0 bridgehead atoms. The normalized spacial score (nSPS) is 9.00. The zero-order chi connectivity index (χ0) is 5.98. The van der Waals surface area contributed by atoms with Crippen molar-refractivity contribution in [1.82, 2.24) is 0 Å². The first-order chi connectivity index (χ1) is 3.79. The van der Waals surface area contributed by atoms with Crippen LogP contribution in [0.15, 0.2) is 24.3 Å². The quantitative estimate of drug-likeness (QED) is 0.498. The van der Waals surface area contributed by atoms with E-state index < -0.39 is 0 Å². The van der Waals surface area contributed by atoms with Gasteiger partial charge in [-0.15, -0.1) is 0 Å². The van der Waals surface area contributed by atoms with Crippen LogP contribution in [0.25, 0.3) is 0 Å². The Morgan fingerprint density at radius 2 is 1.00 bits per heavy atom. The molecule has 0 saturated carbocycles. The Kier molecular flexibility index (Phi) is 1.08. The molecule has 0 heterocycles. The van der Waals surface area contributed by atoms with Crippen molar-refractivity contribution in [1.29, 1.82) is 0 Å². The zero-order valence-corrected chi connectivity index (χ0v) is 4.20. The lowest BCUT2D eigenvalue weighted by Gasteiger charge is -1.88. The third-order valence-corrected chi connectivity index (χ3v) is 0.850. The van der Waals surface area contributed by atoms with Gasteiger partial charge >= 0.3 is 0 Å². The van der Waals surface area contributed by atoms with Gasteiger partial charge in [-0.25, -0.2) is 0 Å². The molecule has 2 nitrogen and oxygen atoms in total. The highest BCUT2D eigenvalue weighted by Crippen LogP contribution is 2.13. The van der Waals surface area contributed by atoms with Crippen molar-refractivity contribution in [3.63, 3.8) is 0 Å².